The third kappa shape index (κ3) is 58.3. The van der Waals surface area contributed by atoms with Gasteiger partial charge in [0.1, 0.15) is 13.2 Å². The molecule has 0 aliphatic heterocycles. The zero-order valence-electron chi connectivity index (χ0n) is 49.4. The number of carbonyl (C=O) groups excluding carboxylic acids is 3. The maximum absolute atomic E-state index is 12.9. The molecule has 0 aliphatic rings. The lowest BCUT2D eigenvalue weighted by Crippen LogP contribution is -2.44. The van der Waals surface area contributed by atoms with E-state index in [-0.39, 0.29) is 38.6 Å². The molecule has 0 N–H and O–H groups in total. The van der Waals surface area contributed by atoms with Crippen molar-refractivity contribution in [1.82, 2.24) is 0 Å². The smallest absolute Gasteiger partial charge is 0.306 e. The van der Waals surface area contributed by atoms with E-state index in [0.29, 0.717) is 17.4 Å². The van der Waals surface area contributed by atoms with Crippen LogP contribution < -0.4 is 5.11 Å². The predicted molar refractivity (Wildman–Crippen MR) is 315 cm³/mol. The van der Waals surface area contributed by atoms with E-state index in [1.807, 2.05) is 21.1 Å². The number of nitrogens with zero attached hydrogens (tertiary/aromatic N) is 1. The van der Waals surface area contributed by atoms with Crippen molar-refractivity contribution in [3.05, 3.63) is 72.9 Å². The Kier molecular flexibility index (Phi) is 54.4. The van der Waals surface area contributed by atoms with Gasteiger partial charge >= 0.3 is 11.9 Å². The quantitative estimate of drug-likeness (QED) is 0.0195. The Bertz CT molecular complexity index is 1460. The molecule has 0 radical (unpaired) electrons. The summed E-state index contributed by atoms with van der Waals surface area (Å²) in [6, 6.07) is 0. The van der Waals surface area contributed by atoms with Crippen LogP contribution in [-0.4, -0.2) is 82.3 Å². The number of carboxylic acids is 1. The van der Waals surface area contributed by atoms with Crippen molar-refractivity contribution in [2.24, 2.45) is 0 Å². The van der Waals surface area contributed by atoms with Crippen molar-refractivity contribution in [3.8, 4) is 0 Å². The van der Waals surface area contributed by atoms with E-state index in [9.17, 15) is 19.5 Å². The summed E-state index contributed by atoms with van der Waals surface area (Å²) in [6.07, 6.45) is 70.9. The number of esters is 2. The minimum atomic E-state index is -1.63. The summed E-state index contributed by atoms with van der Waals surface area (Å²) >= 11 is 0. The van der Waals surface area contributed by atoms with E-state index in [2.05, 4.69) is 86.8 Å². The van der Waals surface area contributed by atoms with Crippen molar-refractivity contribution >= 4 is 17.9 Å². The summed E-state index contributed by atoms with van der Waals surface area (Å²) in [5, 5.41) is 11.8. The lowest BCUT2D eigenvalue weighted by Gasteiger charge is -2.26. The molecule has 0 bridgehead atoms. The molecule has 75 heavy (non-hydrogen) atoms. The Labute approximate surface area is 462 Å². The summed E-state index contributed by atoms with van der Waals surface area (Å²) in [5.41, 5.74) is 0. The molecule has 0 aliphatic carbocycles. The number of likely N-dealkylation sites (N-methyl/N-ethyl adjacent to an activating group) is 1. The Morgan fingerprint density at radius 1 is 0.400 bits per heavy atom. The van der Waals surface area contributed by atoms with Gasteiger partial charge < -0.3 is 33.3 Å². The lowest BCUT2D eigenvalue weighted by atomic mass is 10.0. The molecule has 0 saturated carbocycles. The molecule has 0 aromatic rings. The molecule has 434 valence electrons. The summed E-state index contributed by atoms with van der Waals surface area (Å²) < 4.78 is 22.7. The number of hydrogen-bond donors (Lipinski definition) is 0. The van der Waals surface area contributed by atoms with Gasteiger partial charge in [0.25, 0.3) is 0 Å². The van der Waals surface area contributed by atoms with Crippen molar-refractivity contribution in [1.29, 1.82) is 0 Å². The second-order valence-corrected chi connectivity index (χ2v) is 22.0. The molecular formula is C66H117NO8. The van der Waals surface area contributed by atoms with Gasteiger partial charge in [0.15, 0.2) is 12.4 Å². The number of rotatable bonds is 57. The largest absolute Gasteiger partial charge is 0.545 e. The second-order valence-electron chi connectivity index (χ2n) is 22.0. The van der Waals surface area contributed by atoms with Gasteiger partial charge in [0, 0.05) is 12.8 Å². The lowest BCUT2D eigenvalue weighted by molar-refractivity contribution is -0.870. The van der Waals surface area contributed by atoms with Gasteiger partial charge in [0.2, 0.25) is 0 Å². The van der Waals surface area contributed by atoms with Crippen LogP contribution in [0.4, 0.5) is 0 Å². The standard InChI is InChI=1S/C66H117NO8/c1-6-8-10-12-14-16-18-20-22-24-26-28-30-32-34-36-38-40-42-44-46-48-50-52-54-56-63(68)73-60-62(61-74-66(65(70)71)72-59-58-67(3,4)5)75-64(69)57-55-53-51-49-47-45-43-41-39-37-35-33-31-29-27-25-23-21-19-17-15-13-11-9-7-2/h18-21,24-27,30-33,62,66H,6-17,22-23,28-29,34-61H2,1-5H3/b20-18-,21-19-,26-24-,27-25-,32-30-,33-31-. The minimum absolute atomic E-state index is 0.144. The fraction of sp³-hybridized carbons (Fsp3) is 0.773. The third-order valence-corrected chi connectivity index (χ3v) is 13.4. The molecular weight excluding hydrogens is 935 g/mol. The van der Waals surface area contributed by atoms with E-state index in [0.717, 1.165) is 70.6 Å². The molecule has 9 nitrogen and oxygen atoms in total. The Morgan fingerprint density at radius 2 is 0.720 bits per heavy atom. The molecule has 2 atom stereocenters. The molecule has 2 unspecified atom stereocenters. The number of allylic oxidation sites excluding steroid dienone is 12. The Morgan fingerprint density at radius 3 is 1.07 bits per heavy atom. The zero-order chi connectivity index (χ0) is 54.8. The fourth-order valence-electron chi connectivity index (χ4n) is 8.61. The highest BCUT2D eigenvalue weighted by Crippen LogP contribution is 2.16. The average molecular weight is 1050 g/mol. The SMILES string of the molecule is CCCCCCC/C=C\C/C=C\C/C=C\CCCCCCCCCCCCC(=O)OCC(COC(OCC[N+](C)(C)C)C(=O)[O-])OC(=O)CCCCCCCCCCCC/C=C\C/C=C\C/C=C\CCCCCCC. The first kappa shape index (κ1) is 71.7. The molecule has 0 amide bonds. The van der Waals surface area contributed by atoms with Gasteiger partial charge in [-0.1, -0.05) is 241 Å². The van der Waals surface area contributed by atoms with Crippen LogP contribution in [0.3, 0.4) is 0 Å². The van der Waals surface area contributed by atoms with E-state index >= 15 is 0 Å². The van der Waals surface area contributed by atoms with Gasteiger partial charge in [-0.3, -0.25) is 9.59 Å². The van der Waals surface area contributed by atoms with Crippen molar-refractivity contribution < 1.29 is 42.9 Å². The zero-order valence-corrected chi connectivity index (χ0v) is 49.4. The van der Waals surface area contributed by atoms with Crippen LogP contribution in [-0.2, 0) is 33.3 Å². The maximum Gasteiger partial charge on any atom is 0.306 e. The van der Waals surface area contributed by atoms with Crippen LogP contribution in [0.1, 0.15) is 271 Å². The number of quaternary nitrogens is 1. The Balaban J connectivity index is 4.24. The third-order valence-electron chi connectivity index (χ3n) is 13.4. The van der Waals surface area contributed by atoms with E-state index in [1.165, 1.54) is 167 Å². The van der Waals surface area contributed by atoms with E-state index in [4.69, 9.17) is 18.9 Å². The minimum Gasteiger partial charge on any atom is -0.545 e. The number of unbranched alkanes of at least 4 members (excludes halogenated alkanes) is 30. The van der Waals surface area contributed by atoms with Crippen LogP contribution >= 0.6 is 0 Å². The fourth-order valence-corrected chi connectivity index (χ4v) is 8.61. The van der Waals surface area contributed by atoms with Gasteiger partial charge in [0.05, 0.1) is 40.3 Å². The predicted octanol–water partition coefficient (Wildman–Crippen LogP) is 17.2. The van der Waals surface area contributed by atoms with Gasteiger partial charge in [-0.15, -0.1) is 0 Å². The number of carbonyl (C=O) groups is 3. The second kappa shape index (κ2) is 56.9. The van der Waals surface area contributed by atoms with Crippen LogP contribution in [0.5, 0.6) is 0 Å². The van der Waals surface area contributed by atoms with E-state index in [1.54, 1.807) is 0 Å². The van der Waals surface area contributed by atoms with Crippen molar-refractivity contribution in [3.63, 3.8) is 0 Å². The average Bonchev–Trinajstić information content (AvgIpc) is 3.38. The summed E-state index contributed by atoms with van der Waals surface area (Å²) in [5.74, 6) is -2.29. The number of hydrogen-bond acceptors (Lipinski definition) is 8. The van der Waals surface area contributed by atoms with Crippen molar-refractivity contribution in [2.75, 3.05) is 47.5 Å². The first-order chi connectivity index (χ1) is 36.6. The first-order valence-electron chi connectivity index (χ1n) is 31.1. The highest BCUT2D eigenvalue weighted by Gasteiger charge is 2.22. The molecule has 0 heterocycles. The first-order valence-corrected chi connectivity index (χ1v) is 31.1. The Hall–Kier alpha value is -3.27. The monoisotopic (exact) mass is 1050 g/mol. The molecule has 0 spiro atoms. The van der Waals surface area contributed by atoms with Crippen molar-refractivity contribution in [2.45, 2.75) is 283 Å². The van der Waals surface area contributed by atoms with Gasteiger partial charge in [-0.05, 0) is 89.9 Å². The normalized spacial score (nSPS) is 13.2. The number of aliphatic carboxylic acids is 1. The van der Waals surface area contributed by atoms with Crippen LogP contribution in [0, 0.1) is 0 Å². The summed E-state index contributed by atoms with van der Waals surface area (Å²) in [7, 11) is 5.92. The molecule has 0 saturated heterocycles. The number of ether oxygens (including phenoxy) is 4. The highest BCUT2D eigenvalue weighted by atomic mass is 16.7. The van der Waals surface area contributed by atoms with Gasteiger partial charge in [-0.25, -0.2) is 0 Å². The maximum atomic E-state index is 12.9. The molecule has 9 heteroatoms. The topological polar surface area (TPSA) is 111 Å². The molecule has 0 aromatic heterocycles. The van der Waals surface area contributed by atoms with E-state index < -0.39 is 24.3 Å². The number of carboxylic acid groups (broad SMARTS) is 1. The van der Waals surface area contributed by atoms with Crippen LogP contribution in [0.2, 0.25) is 0 Å². The van der Waals surface area contributed by atoms with Crippen LogP contribution in [0.25, 0.3) is 0 Å². The summed E-state index contributed by atoms with van der Waals surface area (Å²) in [6.45, 7) is 4.73. The molecule has 0 aromatic carbocycles. The highest BCUT2D eigenvalue weighted by molar-refractivity contribution is 5.70. The molecule has 0 rings (SSSR count). The summed E-state index contributed by atoms with van der Waals surface area (Å²) in [4.78, 5) is 37.4. The molecule has 0 fully saturated rings. The van der Waals surface area contributed by atoms with Gasteiger partial charge in [-0.2, -0.15) is 0 Å². The van der Waals surface area contributed by atoms with Crippen LogP contribution in [0.15, 0.2) is 72.9 Å².